The third-order valence-electron chi connectivity index (χ3n) is 0.812. The number of carbonyl (C=O) groups excluding carboxylic acids is 1. The van der Waals surface area contributed by atoms with Crippen molar-refractivity contribution in [3.8, 4) is 0 Å². The zero-order chi connectivity index (χ0) is 8.69. The number of hydrogen-bond donors (Lipinski definition) is 0. The molecular formula is C6H10Cl2O3. The molecule has 11 heavy (non-hydrogen) atoms. The van der Waals surface area contributed by atoms with Crippen LogP contribution in [0.4, 0.5) is 4.79 Å². The summed E-state index contributed by atoms with van der Waals surface area (Å²) in [6, 6.07) is 0. The van der Waals surface area contributed by atoms with Gasteiger partial charge in [-0.2, -0.15) is 0 Å². The first kappa shape index (κ1) is 10.8. The summed E-state index contributed by atoms with van der Waals surface area (Å²) in [4.78, 5) is 10.5. The Bertz CT molecular complexity index is 118. The molecule has 0 amide bonds. The molecule has 3 nitrogen and oxygen atoms in total. The lowest BCUT2D eigenvalue weighted by Gasteiger charge is -2.06. The molecule has 66 valence electrons. The molecule has 0 saturated carbocycles. The molecular weight excluding hydrogens is 191 g/mol. The van der Waals surface area contributed by atoms with Crippen molar-refractivity contribution >= 4 is 29.4 Å². The maximum atomic E-state index is 10.5. The highest BCUT2D eigenvalue weighted by atomic mass is 35.5. The second-order valence-electron chi connectivity index (χ2n) is 1.75. The Labute approximate surface area is 75.6 Å². The summed E-state index contributed by atoms with van der Waals surface area (Å²) in [5.41, 5.74) is 0. The standard InChI is InChI=1S/C6H10Cl2O3/c1-2-10-6(9)11-4-5(8)3-7/h5H,2-4H2,1H3. The summed E-state index contributed by atoms with van der Waals surface area (Å²) in [7, 11) is 0. The first-order valence-electron chi connectivity index (χ1n) is 3.20. The van der Waals surface area contributed by atoms with Crippen LogP contribution in [0.3, 0.4) is 0 Å². The van der Waals surface area contributed by atoms with Gasteiger partial charge in [-0.3, -0.25) is 0 Å². The highest BCUT2D eigenvalue weighted by molar-refractivity contribution is 6.28. The number of rotatable bonds is 4. The van der Waals surface area contributed by atoms with Crippen molar-refractivity contribution in [3.63, 3.8) is 0 Å². The maximum absolute atomic E-state index is 10.5. The molecule has 0 N–H and O–H groups in total. The molecule has 0 bridgehead atoms. The van der Waals surface area contributed by atoms with Gasteiger partial charge in [0.1, 0.15) is 6.61 Å². The van der Waals surface area contributed by atoms with Crippen LogP contribution in [-0.4, -0.2) is 30.6 Å². The monoisotopic (exact) mass is 200 g/mol. The highest BCUT2D eigenvalue weighted by Gasteiger charge is 2.07. The molecule has 0 spiro atoms. The van der Waals surface area contributed by atoms with Gasteiger partial charge >= 0.3 is 6.16 Å². The molecule has 0 aliphatic heterocycles. The average molecular weight is 201 g/mol. The van der Waals surface area contributed by atoms with E-state index in [0.29, 0.717) is 6.61 Å². The van der Waals surface area contributed by atoms with Gasteiger partial charge < -0.3 is 9.47 Å². The molecule has 5 heteroatoms. The minimum Gasteiger partial charge on any atom is -0.435 e. The van der Waals surface area contributed by atoms with Gasteiger partial charge in [0.25, 0.3) is 0 Å². The predicted octanol–water partition coefficient (Wildman–Crippen LogP) is 2.01. The van der Waals surface area contributed by atoms with E-state index in [1.165, 1.54) is 0 Å². The Balaban J connectivity index is 3.30. The first-order valence-corrected chi connectivity index (χ1v) is 4.17. The van der Waals surface area contributed by atoms with Crippen LogP contribution in [0.25, 0.3) is 0 Å². The summed E-state index contributed by atoms with van der Waals surface area (Å²) in [6.45, 7) is 2.08. The van der Waals surface area contributed by atoms with Crippen LogP contribution in [0, 0.1) is 0 Å². The van der Waals surface area contributed by atoms with E-state index < -0.39 is 6.16 Å². The van der Waals surface area contributed by atoms with Crippen LogP contribution in [0.2, 0.25) is 0 Å². The van der Waals surface area contributed by atoms with E-state index in [9.17, 15) is 4.79 Å². The van der Waals surface area contributed by atoms with Gasteiger partial charge in [-0.25, -0.2) is 4.79 Å². The smallest absolute Gasteiger partial charge is 0.435 e. The quantitative estimate of drug-likeness (QED) is 0.515. The van der Waals surface area contributed by atoms with Crippen molar-refractivity contribution in [2.45, 2.75) is 12.3 Å². The van der Waals surface area contributed by atoms with E-state index in [1.54, 1.807) is 6.92 Å². The van der Waals surface area contributed by atoms with Crippen LogP contribution in [-0.2, 0) is 9.47 Å². The predicted molar refractivity (Wildman–Crippen MR) is 43.3 cm³/mol. The largest absolute Gasteiger partial charge is 0.508 e. The minimum atomic E-state index is -0.705. The van der Waals surface area contributed by atoms with Gasteiger partial charge in [0, 0.05) is 5.88 Å². The SMILES string of the molecule is CCOC(=O)OCC(Cl)CCl. The fourth-order valence-electron chi connectivity index (χ4n) is 0.363. The van der Waals surface area contributed by atoms with Crippen LogP contribution >= 0.6 is 23.2 Å². The average Bonchev–Trinajstić information content (AvgIpc) is 2.01. The van der Waals surface area contributed by atoms with E-state index in [1.807, 2.05) is 0 Å². The lowest BCUT2D eigenvalue weighted by atomic mass is 10.5. The molecule has 0 aromatic heterocycles. The zero-order valence-electron chi connectivity index (χ0n) is 6.18. The molecule has 0 saturated heterocycles. The van der Waals surface area contributed by atoms with Crippen molar-refractivity contribution < 1.29 is 14.3 Å². The van der Waals surface area contributed by atoms with Crippen LogP contribution in [0.1, 0.15) is 6.92 Å². The van der Waals surface area contributed by atoms with Gasteiger partial charge in [-0.05, 0) is 6.92 Å². The topological polar surface area (TPSA) is 35.5 Å². The summed E-state index contributed by atoms with van der Waals surface area (Å²) in [5.74, 6) is 0.251. The lowest BCUT2D eigenvalue weighted by molar-refractivity contribution is 0.0599. The van der Waals surface area contributed by atoms with Crippen molar-refractivity contribution in [3.05, 3.63) is 0 Å². The molecule has 0 aromatic carbocycles. The van der Waals surface area contributed by atoms with Crippen molar-refractivity contribution in [1.82, 2.24) is 0 Å². The molecule has 0 heterocycles. The normalized spacial score (nSPS) is 12.3. The highest BCUT2D eigenvalue weighted by Crippen LogP contribution is 1.99. The van der Waals surface area contributed by atoms with E-state index in [2.05, 4.69) is 9.47 Å². The van der Waals surface area contributed by atoms with E-state index >= 15 is 0 Å². The van der Waals surface area contributed by atoms with Gasteiger partial charge in [0.2, 0.25) is 0 Å². The third kappa shape index (κ3) is 6.26. The maximum Gasteiger partial charge on any atom is 0.508 e. The Morgan fingerprint density at radius 1 is 1.55 bits per heavy atom. The van der Waals surface area contributed by atoms with Gasteiger partial charge in [-0.1, -0.05) is 0 Å². The fraction of sp³-hybridized carbons (Fsp3) is 0.833. The van der Waals surface area contributed by atoms with E-state index in [0.717, 1.165) is 0 Å². The minimum absolute atomic E-state index is 0.0872. The Hall–Kier alpha value is -0.150. The number of alkyl halides is 2. The molecule has 0 aliphatic carbocycles. The molecule has 0 rings (SSSR count). The van der Waals surface area contributed by atoms with Gasteiger partial charge in [0.05, 0.1) is 12.0 Å². The Morgan fingerprint density at radius 2 is 2.18 bits per heavy atom. The van der Waals surface area contributed by atoms with Crippen molar-refractivity contribution in [2.75, 3.05) is 19.1 Å². The third-order valence-corrected chi connectivity index (χ3v) is 1.62. The molecule has 1 atom stereocenters. The van der Waals surface area contributed by atoms with Crippen LogP contribution in [0.15, 0.2) is 0 Å². The van der Waals surface area contributed by atoms with Crippen LogP contribution < -0.4 is 0 Å². The van der Waals surface area contributed by atoms with Crippen molar-refractivity contribution in [2.24, 2.45) is 0 Å². The number of hydrogen-bond acceptors (Lipinski definition) is 3. The lowest BCUT2D eigenvalue weighted by Crippen LogP contribution is -2.16. The molecule has 0 fully saturated rings. The molecule has 0 aliphatic rings. The zero-order valence-corrected chi connectivity index (χ0v) is 7.69. The summed E-state index contributed by atoms with van der Waals surface area (Å²) in [5, 5.41) is -0.346. The number of halogens is 2. The summed E-state index contributed by atoms with van der Waals surface area (Å²) >= 11 is 10.9. The molecule has 1 unspecified atom stereocenters. The number of carbonyl (C=O) groups is 1. The van der Waals surface area contributed by atoms with Crippen LogP contribution in [0.5, 0.6) is 0 Å². The summed E-state index contributed by atoms with van der Waals surface area (Å²) in [6.07, 6.45) is -0.705. The first-order chi connectivity index (χ1) is 5.20. The second kappa shape index (κ2) is 6.55. The van der Waals surface area contributed by atoms with Gasteiger partial charge in [0.15, 0.2) is 0 Å². The summed E-state index contributed by atoms with van der Waals surface area (Å²) < 4.78 is 9.03. The van der Waals surface area contributed by atoms with E-state index in [-0.39, 0.29) is 17.9 Å². The fourth-order valence-corrected chi connectivity index (χ4v) is 0.515. The van der Waals surface area contributed by atoms with Gasteiger partial charge in [-0.15, -0.1) is 23.2 Å². The van der Waals surface area contributed by atoms with E-state index in [4.69, 9.17) is 23.2 Å². The Morgan fingerprint density at radius 3 is 2.64 bits per heavy atom. The second-order valence-corrected chi connectivity index (χ2v) is 2.67. The number of ether oxygens (including phenoxy) is 2. The molecule has 0 radical (unpaired) electrons. The Kier molecular flexibility index (Phi) is 6.46. The van der Waals surface area contributed by atoms with Crippen molar-refractivity contribution in [1.29, 1.82) is 0 Å². The molecule has 0 aromatic rings.